The van der Waals surface area contributed by atoms with Crippen LogP contribution in [0.25, 0.3) is 22.6 Å². The third-order valence-corrected chi connectivity index (χ3v) is 6.39. The Morgan fingerprint density at radius 3 is 2.72 bits per heavy atom. The molecular weight excluding hydrogens is 409 g/mol. The highest BCUT2D eigenvalue weighted by Gasteiger charge is 2.30. The van der Waals surface area contributed by atoms with Crippen molar-refractivity contribution in [1.82, 2.24) is 34.4 Å². The smallest absolute Gasteiger partial charge is 0.245 e. The summed E-state index contributed by atoms with van der Waals surface area (Å²) in [5.41, 5.74) is 3.45. The number of alkyl halides is 1. The van der Waals surface area contributed by atoms with Crippen LogP contribution in [0.2, 0.25) is 0 Å². The van der Waals surface area contributed by atoms with Crippen LogP contribution in [0.1, 0.15) is 38.9 Å². The van der Waals surface area contributed by atoms with Gasteiger partial charge in [-0.2, -0.15) is 4.98 Å². The molecule has 0 radical (unpaired) electrons. The summed E-state index contributed by atoms with van der Waals surface area (Å²) in [7, 11) is 0. The highest BCUT2D eigenvalue weighted by Crippen LogP contribution is 2.32. The van der Waals surface area contributed by atoms with E-state index in [1.807, 2.05) is 18.4 Å². The van der Waals surface area contributed by atoms with E-state index in [2.05, 4.69) is 37.8 Å². The van der Waals surface area contributed by atoms with E-state index in [1.165, 1.54) is 12.0 Å². The number of ether oxygens (including phenoxy) is 1. The molecule has 0 amide bonds. The van der Waals surface area contributed by atoms with Crippen molar-refractivity contribution >= 4 is 11.2 Å². The number of fused-ring (bicyclic) bond motifs is 1. The van der Waals surface area contributed by atoms with Gasteiger partial charge in [-0.15, -0.1) is 0 Å². The number of nitrogens with zero attached hydrogens (tertiary/aromatic N) is 7. The van der Waals surface area contributed by atoms with Crippen LogP contribution in [0.3, 0.4) is 0 Å². The van der Waals surface area contributed by atoms with Gasteiger partial charge >= 0.3 is 0 Å². The first-order chi connectivity index (χ1) is 15.5. The number of likely N-dealkylation sites (tertiary alicyclic amines) is 1. The van der Waals surface area contributed by atoms with Crippen molar-refractivity contribution in [2.75, 3.05) is 13.1 Å². The molecule has 1 fully saturated rings. The topological polar surface area (TPSA) is 81.9 Å². The van der Waals surface area contributed by atoms with Gasteiger partial charge in [0.2, 0.25) is 5.88 Å². The van der Waals surface area contributed by atoms with Crippen molar-refractivity contribution in [3.63, 3.8) is 0 Å². The second-order valence-electron chi connectivity index (χ2n) is 8.60. The third-order valence-electron chi connectivity index (χ3n) is 6.39. The van der Waals surface area contributed by atoms with Crippen molar-refractivity contribution in [1.29, 1.82) is 0 Å². The van der Waals surface area contributed by atoms with E-state index in [4.69, 9.17) is 9.72 Å². The molecule has 1 aliphatic carbocycles. The van der Waals surface area contributed by atoms with Crippen molar-refractivity contribution < 1.29 is 9.13 Å². The molecule has 0 bridgehead atoms. The molecule has 9 heteroatoms. The van der Waals surface area contributed by atoms with Gasteiger partial charge in [0.1, 0.15) is 30.3 Å². The average Bonchev–Trinajstić information content (AvgIpc) is 3.41. The number of imidazole rings is 1. The van der Waals surface area contributed by atoms with E-state index >= 15 is 0 Å². The number of hydrogen-bond acceptors (Lipinski definition) is 7. The summed E-state index contributed by atoms with van der Waals surface area (Å²) < 4.78 is 22.2. The van der Waals surface area contributed by atoms with Crippen LogP contribution in [0, 0.1) is 12.8 Å². The number of hydrogen-bond donors (Lipinski definition) is 0. The van der Waals surface area contributed by atoms with Gasteiger partial charge < -0.3 is 14.2 Å². The van der Waals surface area contributed by atoms with Crippen LogP contribution in [0.4, 0.5) is 4.39 Å². The van der Waals surface area contributed by atoms with E-state index in [1.54, 1.807) is 12.4 Å². The fourth-order valence-electron chi connectivity index (χ4n) is 4.58. The zero-order chi connectivity index (χ0) is 22.2. The molecule has 4 heterocycles. The second-order valence-corrected chi connectivity index (χ2v) is 8.60. The summed E-state index contributed by atoms with van der Waals surface area (Å²) in [5.74, 6) is 1.94. The molecule has 3 atom stereocenters. The Bertz CT molecular complexity index is 1140. The fourth-order valence-corrected chi connectivity index (χ4v) is 4.58. The standard InChI is InChI=1S/C23H28FN7O/c1-4-31-21(16-10-25-15(3)26-11-16)29-20-22(31)27-13-28-23(20)32-18-7-8-30(12-18)17-5-6-19(24)14(2)9-17/h9-11,13-14,18-19H,4-8,12H2,1-3H3. The van der Waals surface area contributed by atoms with Crippen LogP contribution >= 0.6 is 0 Å². The quantitative estimate of drug-likeness (QED) is 0.602. The molecule has 1 saturated heterocycles. The van der Waals surface area contributed by atoms with Crippen molar-refractivity contribution in [2.24, 2.45) is 5.92 Å². The Kier molecular flexibility index (Phi) is 5.48. The molecule has 3 aromatic heterocycles. The Balaban J connectivity index is 1.39. The van der Waals surface area contributed by atoms with Crippen LogP contribution in [-0.4, -0.2) is 59.8 Å². The molecular formula is C23H28FN7O. The first-order valence-electron chi connectivity index (χ1n) is 11.3. The number of allylic oxidation sites excluding steroid dienone is 2. The summed E-state index contributed by atoms with van der Waals surface area (Å²) in [6.07, 6.45) is 8.72. The summed E-state index contributed by atoms with van der Waals surface area (Å²) in [4.78, 5) is 24.6. The summed E-state index contributed by atoms with van der Waals surface area (Å²) in [6, 6.07) is 0. The first kappa shape index (κ1) is 20.8. The number of halogens is 1. The minimum atomic E-state index is -0.732. The number of aryl methyl sites for hydroxylation is 2. The van der Waals surface area contributed by atoms with Gasteiger partial charge in [0.15, 0.2) is 11.2 Å². The maximum atomic E-state index is 13.8. The lowest BCUT2D eigenvalue weighted by Gasteiger charge is -2.29. The van der Waals surface area contributed by atoms with Crippen LogP contribution in [-0.2, 0) is 6.54 Å². The van der Waals surface area contributed by atoms with Crippen LogP contribution in [0.15, 0.2) is 30.5 Å². The van der Waals surface area contributed by atoms with Gasteiger partial charge in [-0.1, -0.05) is 13.0 Å². The zero-order valence-corrected chi connectivity index (χ0v) is 18.7. The lowest BCUT2D eigenvalue weighted by molar-refractivity contribution is 0.195. The number of rotatable bonds is 5. The molecule has 2 aliphatic rings. The molecule has 32 heavy (non-hydrogen) atoms. The van der Waals surface area contributed by atoms with Crippen molar-refractivity contribution in [2.45, 2.75) is 58.9 Å². The molecule has 0 N–H and O–H groups in total. The van der Waals surface area contributed by atoms with Crippen molar-refractivity contribution in [3.05, 3.63) is 36.3 Å². The predicted molar refractivity (Wildman–Crippen MR) is 119 cm³/mol. The molecule has 1 aliphatic heterocycles. The summed E-state index contributed by atoms with van der Waals surface area (Å²) in [6.45, 7) is 8.24. The Morgan fingerprint density at radius 2 is 1.97 bits per heavy atom. The second kappa shape index (κ2) is 8.44. The van der Waals surface area contributed by atoms with Gasteiger partial charge in [-0.3, -0.25) is 0 Å². The summed E-state index contributed by atoms with van der Waals surface area (Å²) in [5, 5.41) is 0. The molecule has 0 saturated carbocycles. The molecule has 8 nitrogen and oxygen atoms in total. The predicted octanol–water partition coefficient (Wildman–Crippen LogP) is 3.72. The minimum absolute atomic E-state index is 0.00495. The van der Waals surface area contributed by atoms with Gasteiger partial charge in [0, 0.05) is 43.5 Å². The van der Waals surface area contributed by atoms with Gasteiger partial charge in [0.05, 0.1) is 12.1 Å². The third kappa shape index (κ3) is 3.80. The van der Waals surface area contributed by atoms with E-state index < -0.39 is 6.17 Å². The highest BCUT2D eigenvalue weighted by atomic mass is 19.1. The molecule has 0 aromatic carbocycles. The van der Waals surface area contributed by atoms with Crippen LogP contribution in [0.5, 0.6) is 5.88 Å². The largest absolute Gasteiger partial charge is 0.471 e. The monoisotopic (exact) mass is 437 g/mol. The van der Waals surface area contributed by atoms with Crippen LogP contribution < -0.4 is 4.74 Å². The van der Waals surface area contributed by atoms with E-state index in [0.29, 0.717) is 30.2 Å². The molecule has 3 aromatic rings. The lowest BCUT2D eigenvalue weighted by Crippen LogP contribution is -2.28. The maximum absolute atomic E-state index is 13.8. The minimum Gasteiger partial charge on any atom is -0.471 e. The maximum Gasteiger partial charge on any atom is 0.245 e. The van der Waals surface area contributed by atoms with E-state index in [-0.39, 0.29) is 12.0 Å². The SMILES string of the molecule is CCn1c(-c2cnc(C)nc2)nc2c(OC3CCN(C4=CC(C)C(F)CC4)C3)ncnc21. The van der Waals surface area contributed by atoms with Crippen molar-refractivity contribution in [3.8, 4) is 17.3 Å². The first-order valence-corrected chi connectivity index (χ1v) is 11.3. The van der Waals surface area contributed by atoms with E-state index in [0.717, 1.165) is 43.0 Å². The number of aromatic nitrogens is 6. The lowest BCUT2D eigenvalue weighted by atomic mass is 9.93. The average molecular weight is 438 g/mol. The molecule has 5 rings (SSSR count). The molecule has 3 unspecified atom stereocenters. The van der Waals surface area contributed by atoms with Gasteiger partial charge in [-0.05, 0) is 26.7 Å². The van der Waals surface area contributed by atoms with E-state index in [9.17, 15) is 4.39 Å². The zero-order valence-electron chi connectivity index (χ0n) is 18.7. The van der Waals surface area contributed by atoms with Gasteiger partial charge in [-0.25, -0.2) is 24.3 Å². The Labute approximate surface area is 186 Å². The molecule has 168 valence electrons. The van der Waals surface area contributed by atoms with Gasteiger partial charge in [0.25, 0.3) is 0 Å². The normalized spacial score (nSPS) is 23.6. The Hall–Kier alpha value is -3.10. The fraction of sp³-hybridized carbons (Fsp3) is 0.522. The summed E-state index contributed by atoms with van der Waals surface area (Å²) >= 11 is 0. The molecule has 0 spiro atoms. The highest BCUT2D eigenvalue weighted by molar-refractivity contribution is 5.81. The Morgan fingerprint density at radius 1 is 1.16 bits per heavy atom.